The molecule has 0 fully saturated rings. The lowest BCUT2D eigenvalue weighted by Crippen LogP contribution is -2.38. The number of nitrogens with one attached hydrogen (secondary N) is 2. The number of sulfone groups is 1. The van der Waals surface area contributed by atoms with E-state index in [1.807, 2.05) is 13.0 Å². The number of aliphatic imine (C=N–C) groups is 1. The third-order valence-corrected chi connectivity index (χ3v) is 6.53. The highest BCUT2D eigenvalue weighted by atomic mass is 127. The molecular weight excluding hydrogens is 543 g/mol. The van der Waals surface area contributed by atoms with E-state index in [2.05, 4.69) is 20.7 Å². The zero-order chi connectivity index (χ0) is 22.4. The molecule has 2 heterocycles. The van der Waals surface area contributed by atoms with Crippen molar-refractivity contribution in [2.24, 2.45) is 4.99 Å². The fraction of sp³-hybridized carbons (Fsp3) is 0.571. The van der Waals surface area contributed by atoms with Crippen molar-refractivity contribution in [2.75, 3.05) is 19.3 Å². The van der Waals surface area contributed by atoms with Crippen molar-refractivity contribution in [2.45, 2.75) is 64.1 Å². The number of aryl methyl sites for hydroxylation is 3. The number of aromatic nitrogens is 3. The summed E-state index contributed by atoms with van der Waals surface area (Å²) in [5, 5.41) is 11.0. The van der Waals surface area contributed by atoms with Gasteiger partial charge in [0.15, 0.2) is 15.8 Å². The molecule has 0 atom stereocenters. The van der Waals surface area contributed by atoms with Crippen LogP contribution in [-0.4, -0.2) is 48.1 Å². The van der Waals surface area contributed by atoms with Crippen LogP contribution in [0.2, 0.25) is 0 Å². The minimum Gasteiger partial charge on any atom is -0.357 e. The first-order valence-corrected chi connectivity index (χ1v) is 12.7. The number of benzene rings is 1. The summed E-state index contributed by atoms with van der Waals surface area (Å²) in [4.78, 5) is 17.3. The van der Waals surface area contributed by atoms with Crippen LogP contribution in [0.4, 0.5) is 0 Å². The van der Waals surface area contributed by atoms with Gasteiger partial charge in [-0.1, -0.05) is 12.1 Å². The molecule has 0 amide bonds. The lowest BCUT2D eigenvalue weighted by molar-refractivity contribution is 0.509. The Bertz CT molecular complexity index is 1110. The zero-order valence-corrected chi connectivity index (χ0v) is 22.1. The Balaban J connectivity index is 0.00000363. The highest BCUT2D eigenvalue weighted by molar-refractivity contribution is 14.0. The first kappa shape index (κ1) is 26.4. The molecule has 0 radical (unpaired) electrons. The second-order valence-corrected chi connectivity index (χ2v) is 9.86. The summed E-state index contributed by atoms with van der Waals surface area (Å²) < 4.78 is 26.9. The van der Waals surface area contributed by atoms with Gasteiger partial charge in [-0.15, -0.1) is 24.0 Å². The molecule has 0 unspecified atom stereocenters. The molecule has 9 nitrogen and oxygen atoms in total. The summed E-state index contributed by atoms with van der Waals surface area (Å²) in [5.74, 6) is 1.58. The molecule has 0 aliphatic carbocycles. The van der Waals surface area contributed by atoms with E-state index in [4.69, 9.17) is 0 Å². The number of halogens is 1. The molecule has 32 heavy (non-hydrogen) atoms. The highest BCUT2D eigenvalue weighted by Crippen LogP contribution is 2.17. The third-order valence-electron chi connectivity index (χ3n) is 5.27. The fourth-order valence-corrected chi connectivity index (χ4v) is 4.73. The van der Waals surface area contributed by atoms with E-state index in [1.165, 1.54) is 6.26 Å². The van der Waals surface area contributed by atoms with Gasteiger partial charge in [-0.3, -0.25) is 4.57 Å². The van der Waals surface area contributed by atoms with Crippen LogP contribution in [0.1, 0.15) is 43.1 Å². The average molecular weight is 577 g/mol. The standard InChI is InChI=1S/C21H32N6O3S.HI/c1-4-22-20(24-15-17-9-10-18(16(2)14-17)31(3,29)30)23-11-7-13-27-21(28)26-12-6-5-8-19(26)25-27;/h9-10,14H,4-8,11-13,15H2,1-3H3,(H2,22,23,24);1H. The number of rotatable bonds is 8. The van der Waals surface area contributed by atoms with Crippen molar-refractivity contribution in [1.82, 2.24) is 25.0 Å². The smallest absolute Gasteiger partial charge is 0.345 e. The van der Waals surface area contributed by atoms with Crippen molar-refractivity contribution in [3.05, 3.63) is 45.6 Å². The molecule has 11 heteroatoms. The Labute approximate surface area is 206 Å². The number of fused-ring (bicyclic) bond motifs is 1. The van der Waals surface area contributed by atoms with Crippen molar-refractivity contribution in [3.8, 4) is 0 Å². The Morgan fingerprint density at radius 3 is 2.69 bits per heavy atom. The normalized spacial score (nSPS) is 13.9. The van der Waals surface area contributed by atoms with Crippen molar-refractivity contribution < 1.29 is 8.42 Å². The summed E-state index contributed by atoms with van der Waals surface area (Å²) in [5.41, 5.74) is 1.65. The van der Waals surface area contributed by atoms with Crippen molar-refractivity contribution in [3.63, 3.8) is 0 Å². The van der Waals surface area contributed by atoms with Crippen LogP contribution in [0, 0.1) is 6.92 Å². The summed E-state index contributed by atoms with van der Waals surface area (Å²) in [6.07, 6.45) is 4.98. The van der Waals surface area contributed by atoms with Gasteiger partial charge < -0.3 is 10.6 Å². The first-order chi connectivity index (χ1) is 14.8. The van der Waals surface area contributed by atoms with Crippen LogP contribution in [0.5, 0.6) is 0 Å². The quantitative estimate of drug-likeness (QED) is 0.215. The van der Waals surface area contributed by atoms with E-state index in [0.29, 0.717) is 30.5 Å². The molecule has 2 N–H and O–H groups in total. The van der Waals surface area contributed by atoms with Gasteiger partial charge in [-0.25, -0.2) is 22.9 Å². The van der Waals surface area contributed by atoms with Crippen LogP contribution in [0.15, 0.2) is 32.9 Å². The molecule has 1 aromatic carbocycles. The molecule has 3 rings (SSSR count). The summed E-state index contributed by atoms with van der Waals surface area (Å²) in [6.45, 7) is 6.96. The number of nitrogens with zero attached hydrogens (tertiary/aromatic N) is 4. The van der Waals surface area contributed by atoms with E-state index >= 15 is 0 Å². The maximum Gasteiger partial charge on any atom is 0.345 e. The molecule has 0 spiro atoms. The van der Waals surface area contributed by atoms with E-state index in [9.17, 15) is 13.2 Å². The monoisotopic (exact) mass is 576 g/mol. The van der Waals surface area contributed by atoms with Crippen molar-refractivity contribution >= 4 is 39.8 Å². The molecule has 0 saturated carbocycles. The lowest BCUT2D eigenvalue weighted by atomic mass is 10.1. The largest absolute Gasteiger partial charge is 0.357 e. The van der Waals surface area contributed by atoms with E-state index < -0.39 is 9.84 Å². The molecule has 0 saturated heterocycles. The van der Waals surface area contributed by atoms with E-state index in [0.717, 1.165) is 55.7 Å². The molecule has 0 bridgehead atoms. The van der Waals surface area contributed by atoms with E-state index in [1.54, 1.807) is 28.3 Å². The Kier molecular flexibility index (Phi) is 9.74. The predicted molar refractivity (Wildman–Crippen MR) is 137 cm³/mol. The molecule has 1 aliphatic rings. The number of hydrogen-bond acceptors (Lipinski definition) is 5. The SMILES string of the molecule is CCNC(=NCc1ccc(S(C)(=O)=O)c(C)c1)NCCCn1nc2n(c1=O)CCCC2.I. The van der Waals surface area contributed by atoms with Crippen LogP contribution >= 0.6 is 24.0 Å². The van der Waals surface area contributed by atoms with Crippen LogP contribution in [0.25, 0.3) is 0 Å². The summed E-state index contributed by atoms with van der Waals surface area (Å²) >= 11 is 0. The fourth-order valence-electron chi connectivity index (χ4n) is 3.77. The molecule has 178 valence electrons. The number of guanidine groups is 1. The minimum absolute atomic E-state index is 0. The molecular formula is C21H33IN6O3S. The molecule has 1 aromatic heterocycles. The van der Waals surface area contributed by atoms with E-state index in [-0.39, 0.29) is 29.7 Å². The van der Waals surface area contributed by atoms with Crippen LogP contribution in [-0.2, 0) is 35.9 Å². The zero-order valence-electron chi connectivity index (χ0n) is 18.9. The van der Waals surface area contributed by atoms with Crippen LogP contribution < -0.4 is 16.3 Å². The van der Waals surface area contributed by atoms with Gasteiger partial charge in [0, 0.05) is 38.9 Å². The van der Waals surface area contributed by atoms with Gasteiger partial charge in [0.2, 0.25) is 0 Å². The Morgan fingerprint density at radius 1 is 1.25 bits per heavy atom. The predicted octanol–water partition coefficient (Wildman–Crippen LogP) is 1.86. The van der Waals surface area contributed by atoms with Gasteiger partial charge >= 0.3 is 5.69 Å². The third kappa shape index (κ3) is 6.80. The van der Waals surface area contributed by atoms with Crippen molar-refractivity contribution in [1.29, 1.82) is 0 Å². The summed E-state index contributed by atoms with van der Waals surface area (Å²) in [6, 6.07) is 5.29. The lowest BCUT2D eigenvalue weighted by Gasteiger charge is -2.11. The Hall–Kier alpha value is -1.89. The van der Waals surface area contributed by atoms with Gasteiger partial charge in [-0.05, 0) is 50.3 Å². The average Bonchev–Trinajstić information content (AvgIpc) is 3.04. The van der Waals surface area contributed by atoms with Gasteiger partial charge in [-0.2, -0.15) is 5.10 Å². The molecule has 1 aliphatic heterocycles. The maximum absolute atomic E-state index is 12.4. The van der Waals surface area contributed by atoms with Crippen LogP contribution in [0.3, 0.4) is 0 Å². The molecule has 2 aromatic rings. The second-order valence-electron chi connectivity index (χ2n) is 7.88. The highest BCUT2D eigenvalue weighted by Gasteiger charge is 2.16. The topological polar surface area (TPSA) is 110 Å². The van der Waals surface area contributed by atoms with Gasteiger partial charge in [0.05, 0.1) is 11.4 Å². The minimum atomic E-state index is -3.22. The first-order valence-electron chi connectivity index (χ1n) is 10.8. The van der Waals surface area contributed by atoms with Gasteiger partial charge in [0.1, 0.15) is 5.82 Å². The second kappa shape index (κ2) is 11.8. The summed E-state index contributed by atoms with van der Waals surface area (Å²) in [7, 11) is -3.22. The maximum atomic E-state index is 12.4. The number of hydrogen-bond donors (Lipinski definition) is 2. The Morgan fingerprint density at radius 2 is 2.03 bits per heavy atom. The van der Waals surface area contributed by atoms with Gasteiger partial charge in [0.25, 0.3) is 0 Å².